The maximum absolute atomic E-state index is 13.3. The van der Waals surface area contributed by atoms with Crippen molar-refractivity contribution in [2.24, 2.45) is 0 Å². The Morgan fingerprint density at radius 1 is 1.00 bits per heavy atom. The van der Waals surface area contributed by atoms with Gasteiger partial charge in [-0.25, -0.2) is 4.21 Å². The molecule has 0 aromatic heterocycles. The smallest absolute Gasteiger partial charge is 0.399 e. The second kappa shape index (κ2) is 8.15. The van der Waals surface area contributed by atoms with Gasteiger partial charge >= 0.3 is 7.12 Å². The molecule has 0 radical (unpaired) electrons. The number of ketones is 1. The van der Waals surface area contributed by atoms with Gasteiger partial charge in [-0.05, 0) is 50.7 Å². The van der Waals surface area contributed by atoms with E-state index in [0.29, 0.717) is 22.2 Å². The molecule has 1 atom stereocenters. The van der Waals surface area contributed by atoms with Crippen molar-refractivity contribution < 1.29 is 22.9 Å². The lowest BCUT2D eigenvalue weighted by molar-refractivity contribution is 0.00578. The van der Waals surface area contributed by atoms with Gasteiger partial charge in [-0.3, -0.25) is 4.79 Å². The maximum atomic E-state index is 13.3. The molecule has 1 unspecified atom stereocenters. The Hall–Kier alpha value is -1.80. The fraction of sp³-hybridized carbons (Fsp3) is 0.409. The van der Waals surface area contributed by atoms with E-state index in [1.807, 2.05) is 52.0 Å². The Bertz CT molecular complexity index is 921. The van der Waals surface area contributed by atoms with E-state index in [9.17, 15) is 13.6 Å². The molecule has 5 nitrogen and oxygen atoms in total. The highest BCUT2D eigenvalue weighted by Gasteiger charge is 2.52. The second-order valence-corrected chi connectivity index (χ2v) is 9.29. The molecule has 0 bridgehead atoms. The average Bonchev–Trinajstić information content (AvgIpc) is 2.88. The molecule has 0 spiro atoms. The SMILES string of the molecule is CCc1ccc(C(=O)c2ccc(CS(=O)O)cc2B2OC(C)(C)C(C)(C)O2)cc1. The van der Waals surface area contributed by atoms with E-state index < -0.39 is 29.4 Å². The van der Waals surface area contributed by atoms with Gasteiger partial charge in [0.2, 0.25) is 0 Å². The van der Waals surface area contributed by atoms with E-state index in [1.165, 1.54) is 0 Å². The third-order valence-electron chi connectivity index (χ3n) is 5.78. The van der Waals surface area contributed by atoms with E-state index in [0.717, 1.165) is 12.0 Å². The molecule has 2 aromatic rings. The third-order valence-corrected chi connectivity index (χ3v) is 6.36. The van der Waals surface area contributed by atoms with E-state index in [2.05, 4.69) is 6.92 Å². The largest absolute Gasteiger partial charge is 0.495 e. The second-order valence-electron chi connectivity index (χ2n) is 8.36. The van der Waals surface area contributed by atoms with Crippen LogP contribution in [0.15, 0.2) is 42.5 Å². The van der Waals surface area contributed by atoms with Crippen molar-refractivity contribution in [2.75, 3.05) is 0 Å². The van der Waals surface area contributed by atoms with Gasteiger partial charge in [0.05, 0.1) is 17.0 Å². The van der Waals surface area contributed by atoms with Crippen LogP contribution in [0, 0.1) is 0 Å². The first kappa shape index (κ1) is 21.9. The minimum atomic E-state index is -1.98. The van der Waals surface area contributed by atoms with Crippen molar-refractivity contribution in [3.8, 4) is 0 Å². The van der Waals surface area contributed by atoms with E-state index in [4.69, 9.17) is 9.31 Å². The summed E-state index contributed by atoms with van der Waals surface area (Å²) >= 11 is -1.98. The Kier molecular flexibility index (Phi) is 6.15. The van der Waals surface area contributed by atoms with Crippen LogP contribution in [0.1, 0.15) is 61.7 Å². The van der Waals surface area contributed by atoms with Gasteiger partial charge in [0.15, 0.2) is 16.9 Å². The number of aryl methyl sites for hydroxylation is 1. The molecule has 1 aliphatic heterocycles. The third kappa shape index (κ3) is 4.53. The predicted molar refractivity (Wildman–Crippen MR) is 116 cm³/mol. The van der Waals surface area contributed by atoms with Crippen molar-refractivity contribution in [2.45, 2.75) is 58.0 Å². The summed E-state index contributed by atoms with van der Waals surface area (Å²) in [6.07, 6.45) is 0.903. The lowest BCUT2D eigenvalue weighted by Gasteiger charge is -2.32. The number of hydrogen-bond acceptors (Lipinski definition) is 4. The molecule has 0 saturated carbocycles. The molecule has 1 N–H and O–H groups in total. The Labute approximate surface area is 175 Å². The summed E-state index contributed by atoms with van der Waals surface area (Å²) in [6.45, 7) is 9.86. The van der Waals surface area contributed by atoms with Crippen LogP contribution >= 0.6 is 0 Å². The molecule has 1 fully saturated rings. The molecule has 0 aliphatic carbocycles. The van der Waals surface area contributed by atoms with Crippen LogP contribution in [0.3, 0.4) is 0 Å². The van der Waals surface area contributed by atoms with Crippen LogP contribution < -0.4 is 5.46 Å². The highest BCUT2D eigenvalue weighted by Crippen LogP contribution is 2.37. The number of benzene rings is 2. The van der Waals surface area contributed by atoms with Crippen molar-refractivity contribution >= 4 is 29.4 Å². The van der Waals surface area contributed by atoms with E-state index in [-0.39, 0.29) is 11.5 Å². The van der Waals surface area contributed by atoms with Crippen molar-refractivity contribution in [1.29, 1.82) is 0 Å². The van der Waals surface area contributed by atoms with Crippen LogP contribution in [0.4, 0.5) is 0 Å². The summed E-state index contributed by atoms with van der Waals surface area (Å²) < 4.78 is 32.9. The highest BCUT2D eigenvalue weighted by molar-refractivity contribution is 7.78. The molecule has 1 heterocycles. The Balaban J connectivity index is 2.04. The molecule has 0 amide bonds. The van der Waals surface area contributed by atoms with E-state index >= 15 is 0 Å². The lowest BCUT2D eigenvalue weighted by Crippen LogP contribution is -2.41. The molecular weight excluding hydrogens is 387 g/mol. The van der Waals surface area contributed by atoms with Crippen LogP contribution in [0.25, 0.3) is 0 Å². The monoisotopic (exact) mass is 414 g/mol. The van der Waals surface area contributed by atoms with Gasteiger partial charge in [0.25, 0.3) is 0 Å². The normalized spacial score (nSPS) is 18.6. The molecule has 2 aromatic carbocycles. The topological polar surface area (TPSA) is 72.8 Å². The Morgan fingerprint density at radius 2 is 1.55 bits per heavy atom. The molecule has 154 valence electrons. The van der Waals surface area contributed by atoms with Crippen LogP contribution in [-0.2, 0) is 32.6 Å². The van der Waals surface area contributed by atoms with Gasteiger partial charge in [0.1, 0.15) is 0 Å². The molecular formula is C22H27BO5S. The van der Waals surface area contributed by atoms with Gasteiger partial charge in [0, 0.05) is 11.1 Å². The maximum Gasteiger partial charge on any atom is 0.495 e. The number of hydrogen-bond donors (Lipinski definition) is 1. The standard InChI is InChI=1S/C22H27BO5S/c1-6-15-7-10-17(11-8-15)20(24)18-12-9-16(14-29(25)26)13-19(18)23-27-21(2,3)22(4,5)28-23/h7-13H,6,14H2,1-5H3,(H,25,26). The number of carbonyl (C=O) groups is 1. The summed E-state index contributed by atoms with van der Waals surface area (Å²) in [4.78, 5) is 13.3. The summed E-state index contributed by atoms with van der Waals surface area (Å²) in [6, 6.07) is 12.7. The minimum Gasteiger partial charge on any atom is -0.399 e. The first-order valence-electron chi connectivity index (χ1n) is 9.73. The predicted octanol–water partition coefficient (Wildman–Crippen LogP) is 3.50. The molecule has 7 heteroatoms. The summed E-state index contributed by atoms with van der Waals surface area (Å²) in [5.41, 5.74) is 2.32. The first-order valence-corrected chi connectivity index (χ1v) is 11.0. The molecule has 1 saturated heterocycles. The fourth-order valence-corrected chi connectivity index (χ4v) is 3.73. The molecule has 29 heavy (non-hydrogen) atoms. The summed E-state index contributed by atoms with van der Waals surface area (Å²) in [7, 11) is -0.735. The lowest BCUT2D eigenvalue weighted by atomic mass is 9.73. The van der Waals surface area contributed by atoms with Gasteiger partial charge in [-0.15, -0.1) is 0 Å². The zero-order chi connectivity index (χ0) is 21.4. The number of rotatable bonds is 6. The van der Waals surface area contributed by atoms with E-state index in [1.54, 1.807) is 18.2 Å². The number of carbonyl (C=O) groups excluding carboxylic acids is 1. The molecule has 1 aliphatic rings. The summed E-state index contributed by atoms with van der Waals surface area (Å²) in [5.74, 6) is -0.152. The van der Waals surface area contributed by atoms with Gasteiger partial charge in [-0.1, -0.05) is 49.4 Å². The molecule has 3 rings (SSSR count). The highest BCUT2D eigenvalue weighted by atomic mass is 32.2. The summed E-state index contributed by atoms with van der Waals surface area (Å²) in [5, 5.41) is 0. The fourth-order valence-electron chi connectivity index (χ4n) is 3.26. The van der Waals surface area contributed by atoms with Gasteiger partial charge < -0.3 is 13.9 Å². The quantitative estimate of drug-likeness (QED) is 0.445. The zero-order valence-electron chi connectivity index (χ0n) is 17.5. The van der Waals surface area contributed by atoms with Crippen molar-refractivity contribution in [3.63, 3.8) is 0 Å². The zero-order valence-corrected chi connectivity index (χ0v) is 18.3. The Morgan fingerprint density at radius 3 is 2.07 bits per heavy atom. The van der Waals surface area contributed by atoms with Crippen LogP contribution in [0.2, 0.25) is 0 Å². The van der Waals surface area contributed by atoms with Crippen molar-refractivity contribution in [1.82, 2.24) is 0 Å². The average molecular weight is 414 g/mol. The van der Waals surface area contributed by atoms with Crippen molar-refractivity contribution in [3.05, 3.63) is 64.7 Å². The van der Waals surface area contributed by atoms with Gasteiger partial charge in [-0.2, -0.15) is 0 Å². The first-order chi connectivity index (χ1) is 13.5. The van der Waals surface area contributed by atoms with Crippen LogP contribution in [0.5, 0.6) is 0 Å². The minimum absolute atomic E-state index is 0.0217. The van der Waals surface area contributed by atoms with Crippen LogP contribution in [-0.4, -0.2) is 32.9 Å².